The van der Waals surface area contributed by atoms with Crippen LogP contribution < -0.4 is 5.32 Å². The standard InChI is InChI=1S/C17H23N3O2/c1-3-13(11-22-2)18-16(21)10-20-15-7-5-4-6-14(15)19-17(20)12-8-9-12/h4-7,12-13H,3,8-11H2,1-2H3,(H,18,21). The van der Waals surface area contributed by atoms with Gasteiger partial charge in [-0.3, -0.25) is 4.79 Å². The summed E-state index contributed by atoms with van der Waals surface area (Å²) in [6, 6.07) is 8.09. The van der Waals surface area contributed by atoms with Gasteiger partial charge in [-0.15, -0.1) is 0 Å². The monoisotopic (exact) mass is 301 g/mol. The summed E-state index contributed by atoms with van der Waals surface area (Å²) in [6.07, 6.45) is 3.21. The highest BCUT2D eigenvalue weighted by Crippen LogP contribution is 2.40. The van der Waals surface area contributed by atoms with Crippen molar-refractivity contribution >= 4 is 16.9 Å². The number of para-hydroxylation sites is 2. The number of nitrogens with one attached hydrogen (secondary N) is 1. The molecule has 2 aromatic rings. The highest BCUT2D eigenvalue weighted by atomic mass is 16.5. The van der Waals surface area contributed by atoms with Crippen molar-refractivity contribution in [2.24, 2.45) is 0 Å². The second-order valence-corrected chi connectivity index (χ2v) is 5.95. The number of ether oxygens (including phenoxy) is 1. The molecule has 5 nitrogen and oxygen atoms in total. The molecule has 1 heterocycles. The molecule has 0 bridgehead atoms. The van der Waals surface area contributed by atoms with Gasteiger partial charge in [0.05, 0.1) is 23.7 Å². The molecule has 1 amide bonds. The number of hydrogen-bond acceptors (Lipinski definition) is 3. The molecule has 1 aliphatic carbocycles. The normalized spacial score (nSPS) is 15.9. The van der Waals surface area contributed by atoms with Gasteiger partial charge in [-0.2, -0.15) is 0 Å². The minimum Gasteiger partial charge on any atom is -0.383 e. The minimum atomic E-state index is 0.0222. The van der Waals surface area contributed by atoms with E-state index < -0.39 is 0 Å². The summed E-state index contributed by atoms with van der Waals surface area (Å²) in [6.45, 7) is 2.92. The van der Waals surface area contributed by atoms with Crippen LogP contribution in [-0.4, -0.2) is 35.2 Å². The summed E-state index contributed by atoms with van der Waals surface area (Å²) in [5, 5.41) is 3.04. The van der Waals surface area contributed by atoms with E-state index in [1.54, 1.807) is 7.11 Å². The van der Waals surface area contributed by atoms with E-state index in [1.165, 1.54) is 12.8 Å². The molecule has 1 aliphatic rings. The molecule has 0 radical (unpaired) electrons. The van der Waals surface area contributed by atoms with Crippen molar-refractivity contribution in [1.82, 2.24) is 14.9 Å². The van der Waals surface area contributed by atoms with Gasteiger partial charge in [-0.25, -0.2) is 4.98 Å². The van der Waals surface area contributed by atoms with Gasteiger partial charge in [0.2, 0.25) is 5.91 Å². The van der Waals surface area contributed by atoms with Crippen molar-refractivity contribution in [2.45, 2.75) is 44.7 Å². The Morgan fingerprint density at radius 2 is 2.23 bits per heavy atom. The third-order valence-corrected chi connectivity index (χ3v) is 4.15. The molecule has 5 heteroatoms. The average Bonchev–Trinajstić information content (AvgIpc) is 3.30. The van der Waals surface area contributed by atoms with Crippen LogP contribution in [0.25, 0.3) is 11.0 Å². The van der Waals surface area contributed by atoms with Crippen LogP contribution >= 0.6 is 0 Å². The number of fused-ring (bicyclic) bond motifs is 1. The number of amides is 1. The molecule has 1 fully saturated rings. The fourth-order valence-electron chi connectivity index (χ4n) is 2.79. The first-order valence-electron chi connectivity index (χ1n) is 7.96. The van der Waals surface area contributed by atoms with E-state index in [1.807, 2.05) is 31.2 Å². The number of carbonyl (C=O) groups is 1. The van der Waals surface area contributed by atoms with Gasteiger partial charge in [-0.05, 0) is 31.4 Å². The van der Waals surface area contributed by atoms with Gasteiger partial charge in [-0.1, -0.05) is 19.1 Å². The Morgan fingerprint density at radius 3 is 2.91 bits per heavy atom. The Balaban J connectivity index is 1.80. The van der Waals surface area contributed by atoms with Crippen molar-refractivity contribution in [2.75, 3.05) is 13.7 Å². The second kappa shape index (κ2) is 6.48. The lowest BCUT2D eigenvalue weighted by atomic mass is 10.2. The van der Waals surface area contributed by atoms with Gasteiger partial charge in [0.1, 0.15) is 12.4 Å². The first-order chi connectivity index (χ1) is 10.7. The molecule has 3 rings (SSSR count). The summed E-state index contributed by atoms with van der Waals surface area (Å²) < 4.78 is 7.21. The Bertz CT molecular complexity index is 661. The second-order valence-electron chi connectivity index (χ2n) is 5.95. The number of methoxy groups -OCH3 is 1. The topological polar surface area (TPSA) is 56.1 Å². The highest BCUT2D eigenvalue weighted by molar-refractivity contribution is 5.81. The van der Waals surface area contributed by atoms with Crippen LogP contribution in [0.2, 0.25) is 0 Å². The molecule has 118 valence electrons. The zero-order chi connectivity index (χ0) is 15.5. The molecule has 0 saturated heterocycles. The van der Waals surface area contributed by atoms with Crippen LogP contribution in [0.4, 0.5) is 0 Å². The van der Waals surface area contributed by atoms with Gasteiger partial charge >= 0.3 is 0 Å². The number of hydrogen-bond donors (Lipinski definition) is 1. The number of aromatic nitrogens is 2. The van der Waals surface area contributed by atoms with Crippen LogP contribution in [0.15, 0.2) is 24.3 Å². The maximum atomic E-state index is 12.4. The first-order valence-corrected chi connectivity index (χ1v) is 7.96. The van der Waals surface area contributed by atoms with Crippen LogP contribution in [0.3, 0.4) is 0 Å². The predicted octanol–water partition coefficient (Wildman–Crippen LogP) is 2.45. The lowest BCUT2D eigenvalue weighted by Gasteiger charge is -2.17. The Kier molecular flexibility index (Phi) is 4.43. The van der Waals surface area contributed by atoms with E-state index in [0.29, 0.717) is 19.1 Å². The van der Waals surface area contributed by atoms with Crippen LogP contribution in [0, 0.1) is 0 Å². The largest absolute Gasteiger partial charge is 0.383 e. The maximum absolute atomic E-state index is 12.4. The number of benzene rings is 1. The first kappa shape index (κ1) is 15.0. The molecule has 1 N–H and O–H groups in total. The van der Waals surface area contributed by atoms with Crippen molar-refractivity contribution < 1.29 is 9.53 Å². The number of carbonyl (C=O) groups excluding carboxylic acids is 1. The van der Waals surface area contributed by atoms with E-state index >= 15 is 0 Å². The molecule has 1 unspecified atom stereocenters. The third kappa shape index (κ3) is 3.14. The van der Waals surface area contributed by atoms with E-state index in [9.17, 15) is 4.79 Å². The van der Waals surface area contributed by atoms with Gasteiger partial charge in [0.15, 0.2) is 0 Å². The highest BCUT2D eigenvalue weighted by Gasteiger charge is 2.30. The van der Waals surface area contributed by atoms with E-state index in [2.05, 4.69) is 9.88 Å². The summed E-state index contributed by atoms with van der Waals surface area (Å²) in [4.78, 5) is 17.1. The van der Waals surface area contributed by atoms with Crippen LogP contribution in [0.1, 0.15) is 37.9 Å². The van der Waals surface area contributed by atoms with Gasteiger partial charge in [0, 0.05) is 13.0 Å². The molecule has 0 aliphatic heterocycles. The number of imidazole rings is 1. The SMILES string of the molecule is CCC(COC)NC(=O)Cn1c(C2CC2)nc2ccccc21. The van der Waals surface area contributed by atoms with E-state index in [4.69, 9.17) is 9.72 Å². The Morgan fingerprint density at radius 1 is 1.45 bits per heavy atom. The average molecular weight is 301 g/mol. The molecule has 1 aromatic heterocycles. The molecule has 1 atom stereocenters. The maximum Gasteiger partial charge on any atom is 0.240 e. The van der Waals surface area contributed by atoms with E-state index in [0.717, 1.165) is 23.3 Å². The Hall–Kier alpha value is -1.88. The smallest absolute Gasteiger partial charge is 0.240 e. The van der Waals surface area contributed by atoms with Gasteiger partial charge in [0.25, 0.3) is 0 Å². The quantitative estimate of drug-likeness (QED) is 0.854. The Labute approximate surface area is 130 Å². The van der Waals surface area contributed by atoms with Crippen molar-refractivity contribution in [1.29, 1.82) is 0 Å². The van der Waals surface area contributed by atoms with Crippen LogP contribution in [0.5, 0.6) is 0 Å². The van der Waals surface area contributed by atoms with E-state index in [-0.39, 0.29) is 11.9 Å². The number of rotatable bonds is 7. The summed E-state index contributed by atoms with van der Waals surface area (Å²) in [7, 11) is 1.66. The minimum absolute atomic E-state index is 0.0222. The zero-order valence-electron chi connectivity index (χ0n) is 13.2. The fourth-order valence-corrected chi connectivity index (χ4v) is 2.79. The lowest BCUT2D eigenvalue weighted by Crippen LogP contribution is -2.39. The lowest BCUT2D eigenvalue weighted by molar-refractivity contribution is -0.122. The predicted molar refractivity (Wildman–Crippen MR) is 85.8 cm³/mol. The summed E-state index contributed by atoms with van der Waals surface area (Å²) >= 11 is 0. The summed E-state index contributed by atoms with van der Waals surface area (Å²) in [5.41, 5.74) is 2.01. The number of nitrogens with zero attached hydrogens (tertiary/aromatic N) is 2. The van der Waals surface area contributed by atoms with Gasteiger partial charge < -0.3 is 14.6 Å². The summed E-state index contributed by atoms with van der Waals surface area (Å²) in [5.74, 6) is 1.59. The van der Waals surface area contributed by atoms with Crippen LogP contribution in [-0.2, 0) is 16.1 Å². The molecule has 22 heavy (non-hydrogen) atoms. The third-order valence-electron chi connectivity index (χ3n) is 4.15. The van der Waals surface area contributed by atoms with Crippen molar-refractivity contribution in [3.63, 3.8) is 0 Å². The molecule has 1 aromatic carbocycles. The molecular formula is C17H23N3O2. The van der Waals surface area contributed by atoms with Crippen molar-refractivity contribution in [3.8, 4) is 0 Å². The zero-order valence-corrected chi connectivity index (χ0v) is 13.2. The molecule has 0 spiro atoms. The fraction of sp³-hybridized carbons (Fsp3) is 0.529. The molecule has 1 saturated carbocycles. The van der Waals surface area contributed by atoms with Crippen molar-refractivity contribution in [3.05, 3.63) is 30.1 Å². The molecular weight excluding hydrogens is 278 g/mol.